The number of nitrogens with zero attached hydrogens (tertiary/aromatic N) is 2. The Kier molecular flexibility index (Phi) is 2.16. The van der Waals surface area contributed by atoms with Gasteiger partial charge in [0.2, 0.25) is 0 Å². The van der Waals surface area contributed by atoms with Gasteiger partial charge in [0.1, 0.15) is 7.85 Å². The van der Waals surface area contributed by atoms with Gasteiger partial charge in [-0.25, -0.2) is 0 Å². The predicted octanol–water partition coefficient (Wildman–Crippen LogP) is 1.19. The van der Waals surface area contributed by atoms with Crippen LogP contribution in [0.2, 0.25) is 0 Å². The minimum atomic E-state index is 0.724. The first-order valence-corrected chi connectivity index (χ1v) is 4.53. The van der Waals surface area contributed by atoms with Gasteiger partial charge in [-0.1, -0.05) is 29.7 Å². The van der Waals surface area contributed by atoms with Gasteiger partial charge in [-0.2, -0.15) is 5.10 Å². The van der Waals surface area contributed by atoms with E-state index in [1.54, 1.807) is 10.9 Å². The second-order valence-corrected chi connectivity index (χ2v) is 3.39. The van der Waals surface area contributed by atoms with Crippen LogP contribution in [0.1, 0.15) is 5.56 Å². The molecule has 1 aromatic heterocycles. The van der Waals surface area contributed by atoms with Gasteiger partial charge in [-0.05, 0) is 12.5 Å². The van der Waals surface area contributed by atoms with Gasteiger partial charge >= 0.3 is 0 Å². The molecule has 0 N–H and O–H groups in total. The topological polar surface area (TPSA) is 17.8 Å². The lowest BCUT2D eigenvalue weighted by Gasteiger charge is -2.07. The first kappa shape index (κ1) is 9.07. The van der Waals surface area contributed by atoms with Crippen LogP contribution in [0.3, 0.4) is 0 Å². The zero-order valence-electron chi connectivity index (χ0n) is 8.36. The molecule has 0 saturated carbocycles. The van der Waals surface area contributed by atoms with Gasteiger partial charge in [0.05, 0.1) is 5.69 Å². The van der Waals surface area contributed by atoms with Crippen molar-refractivity contribution in [2.24, 2.45) is 7.05 Å². The lowest BCUT2D eigenvalue weighted by atomic mass is 9.92. The molecule has 2 rings (SSSR count). The van der Waals surface area contributed by atoms with Gasteiger partial charge in [0.25, 0.3) is 0 Å². The van der Waals surface area contributed by atoms with Crippen LogP contribution in [0.15, 0.2) is 30.5 Å². The molecule has 14 heavy (non-hydrogen) atoms. The molecular formula is C11H11BN2. The van der Waals surface area contributed by atoms with Gasteiger partial charge in [0.15, 0.2) is 0 Å². The maximum Gasteiger partial charge on any atom is 0.119 e. The molecule has 2 radical (unpaired) electrons. The average Bonchev–Trinajstić information content (AvgIpc) is 2.48. The molecule has 0 unspecified atom stereocenters. The van der Waals surface area contributed by atoms with Crippen LogP contribution in [-0.4, -0.2) is 17.6 Å². The Labute approximate surface area is 85.0 Å². The van der Waals surface area contributed by atoms with Crippen LogP contribution in [0.5, 0.6) is 0 Å². The van der Waals surface area contributed by atoms with E-state index in [0.29, 0.717) is 0 Å². The maximum absolute atomic E-state index is 5.86. The lowest BCUT2D eigenvalue weighted by Crippen LogP contribution is -2.06. The normalized spacial score (nSPS) is 10.4. The van der Waals surface area contributed by atoms with E-state index >= 15 is 0 Å². The van der Waals surface area contributed by atoms with E-state index in [4.69, 9.17) is 7.85 Å². The van der Waals surface area contributed by atoms with Crippen LogP contribution in [-0.2, 0) is 7.05 Å². The Bertz CT molecular complexity index is 441. The third-order valence-corrected chi connectivity index (χ3v) is 2.37. The monoisotopic (exact) mass is 182 g/mol. The van der Waals surface area contributed by atoms with Crippen molar-refractivity contribution < 1.29 is 0 Å². The molecule has 0 fully saturated rings. The predicted molar refractivity (Wildman–Crippen MR) is 58.8 cm³/mol. The highest BCUT2D eigenvalue weighted by Crippen LogP contribution is 2.19. The molecule has 1 heterocycles. The number of hydrogen-bond donors (Lipinski definition) is 0. The summed E-state index contributed by atoms with van der Waals surface area (Å²) in [6.45, 7) is 2.07. The van der Waals surface area contributed by atoms with E-state index in [1.165, 1.54) is 5.56 Å². The fourth-order valence-electron chi connectivity index (χ4n) is 1.62. The summed E-state index contributed by atoms with van der Waals surface area (Å²) < 4.78 is 1.80. The summed E-state index contributed by atoms with van der Waals surface area (Å²) in [4.78, 5) is 0. The van der Waals surface area contributed by atoms with Gasteiger partial charge in [-0.3, -0.25) is 4.68 Å². The first-order valence-electron chi connectivity index (χ1n) is 4.53. The highest BCUT2D eigenvalue weighted by Gasteiger charge is 2.08. The highest BCUT2D eigenvalue weighted by molar-refractivity contribution is 6.35. The largest absolute Gasteiger partial charge is 0.269 e. The Balaban J connectivity index is 2.66. The summed E-state index contributed by atoms with van der Waals surface area (Å²) in [5.74, 6) is 0. The summed E-state index contributed by atoms with van der Waals surface area (Å²) in [5.41, 5.74) is 4.07. The van der Waals surface area contributed by atoms with Crippen molar-refractivity contribution in [1.29, 1.82) is 0 Å². The summed E-state index contributed by atoms with van der Waals surface area (Å²) in [5, 5.41) is 4.13. The van der Waals surface area contributed by atoms with Crippen molar-refractivity contribution >= 4 is 13.3 Å². The number of benzene rings is 1. The van der Waals surface area contributed by atoms with E-state index < -0.39 is 0 Å². The molecule has 0 spiro atoms. The Hall–Kier alpha value is -1.51. The molecule has 0 aliphatic carbocycles. The highest BCUT2D eigenvalue weighted by atomic mass is 15.3. The number of hydrogen-bond acceptors (Lipinski definition) is 1. The third-order valence-electron chi connectivity index (χ3n) is 2.37. The van der Waals surface area contributed by atoms with Crippen LogP contribution >= 0.6 is 0 Å². The molecule has 3 heteroatoms. The second-order valence-electron chi connectivity index (χ2n) is 3.39. The summed E-state index contributed by atoms with van der Waals surface area (Å²) >= 11 is 0. The van der Waals surface area contributed by atoms with Crippen molar-refractivity contribution in [2.75, 3.05) is 0 Å². The van der Waals surface area contributed by atoms with Gasteiger partial charge in [-0.15, -0.1) is 0 Å². The molecule has 0 aliphatic rings. The van der Waals surface area contributed by atoms with Crippen molar-refractivity contribution in [2.45, 2.75) is 6.92 Å². The van der Waals surface area contributed by atoms with Crippen LogP contribution in [0.25, 0.3) is 11.3 Å². The number of rotatable bonds is 1. The molecule has 2 nitrogen and oxygen atoms in total. The Morgan fingerprint density at radius 1 is 1.29 bits per heavy atom. The van der Waals surface area contributed by atoms with Crippen molar-refractivity contribution in [1.82, 2.24) is 9.78 Å². The molecule has 0 atom stereocenters. The van der Waals surface area contributed by atoms with Crippen molar-refractivity contribution in [3.8, 4) is 11.3 Å². The van der Waals surface area contributed by atoms with Gasteiger partial charge in [0, 0.05) is 18.8 Å². The van der Waals surface area contributed by atoms with E-state index in [2.05, 4.69) is 24.2 Å². The molecule has 1 aromatic carbocycles. The molecule has 68 valence electrons. The van der Waals surface area contributed by atoms with Crippen molar-refractivity contribution in [3.63, 3.8) is 0 Å². The van der Waals surface area contributed by atoms with Crippen LogP contribution in [0, 0.1) is 6.92 Å². The SMILES string of the molecule is [B]c1cnn(C)c1-c1ccccc1C. The van der Waals surface area contributed by atoms with E-state index in [9.17, 15) is 0 Å². The smallest absolute Gasteiger partial charge is 0.119 e. The summed E-state index contributed by atoms with van der Waals surface area (Å²) in [6.07, 6.45) is 1.68. The van der Waals surface area contributed by atoms with E-state index in [1.807, 2.05) is 19.2 Å². The molecule has 0 aliphatic heterocycles. The maximum atomic E-state index is 5.86. The van der Waals surface area contributed by atoms with E-state index in [0.717, 1.165) is 16.7 Å². The summed E-state index contributed by atoms with van der Waals surface area (Å²) in [6, 6.07) is 8.16. The fourth-order valence-corrected chi connectivity index (χ4v) is 1.62. The van der Waals surface area contributed by atoms with Crippen LogP contribution < -0.4 is 5.46 Å². The first-order chi connectivity index (χ1) is 6.70. The number of aromatic nitrogens is 2. The average molecular weight is 182 g/mol. The Morgan fingerprint density at radius 2 is 2.00 bits per heavy atom. The Morgan fingerprint density at radius 3 is 2.57 bits per heavy atom. The standard InChI is InChI=1S/C11H11BN2/c1-8-5-3-4-6-9(8)11-10(12)7-13-14(11)2/h3-7H,1-2H3. The molecular weight excluding hydrogens is 171 g/mol. The molecule has 0 saturated heterocycles. The number of aryl methyl sites for hydroxylation is 2. The van der Waals surface area contributed by atoms with Crippen LogP contribution in [0.4, 0.5) is 0 Å². The van der Waals surface area contributed by atoms with Crippen molar-refractivity contribution in [3.05, 3.63) is 36.0 Å². The summed E-state index contributed by atoms with van der Waals surface area (Å²) in [7, 11) is 7.76. The lowest BCUT2D eigenvalue weighted by molar-refractivity contribution is 0.775. The zero-order chi connectivity index (χ0) is 10.1. The third kappa shape index (κ3) is 1.35. The minimum Gasteiger partial charge on any atom is -0.269 e. The quantitative estimate of drug-likeness (QED) is 0.605. The zero-order valence-corrected chi connectivity index (χ0v) is 8.36. The molecule has 0 amide bonds. The fraction of sp³-hybridized carbons (Fsp3) is 0.182. The van der Waals surface area contributed by atoms with Gasteiger partial charge < -0.3 is 0 Å². The minimum absolute atomic E-state index is 0.724. The second kappa shape index (κ2) is 3.33. The molecule has 2 aromatic rings. The molecule has 0 bridgehead atoms. The van der Waals surface area contributed by atoms with E-state index in [-0.39, 0.29) is 0 Å².